The zero-order valence-electron chi connectivity index (χ0n) is 17.6. The summed E-state index contributed by atoms with van der Waals surface area (Å²) in [6, 6.07) is 23.9. The first-order valence-electron chi connectivity index (χ1n) is 10.3. The molecule has 0 unspecified atom stereocenters. The Morgan fingerprint density at radius 3 is 2.28 bits per heavy atom. The summed E-state index contributed by atoms with van der Waals surface area (Å²) in [4.78, 5) is 27.0. The largest absolute Gasteiger partial charge is 0.480 e. The number of guanidine groups is 1. The molecule has 6 N–H and O–H groups in total. The Labute approximate surface area is 186 Å². The molecule has 3 aromatic carbocycles. The molecule has 0 spiro atoms. The average Bonchev–Trinajstić information content (AvgIpc) is 2.80. The van der Waals surface area contributed by atoms with Gasteiger partial charge in [-0.05, 0) is 47.2 Å². The van der Waals surface area contributed by atoms with Gasteiger partial charge in [0.1, 0.15) is 6.04 Å². The van der Waals surface area contributed by atoms with Gasteiger partial charge in [0.05, 0.1) is 0 Å². The number of hydrogen-bond donors (Lipinski definition) is 4. The fourth-order valence-corrected chi connectivity index (χ4v) is 3.21. The molecule has 0 saturated carbocycles. The van der Waals surface area contributed by atoms with Crippen molar-refractivity contribution in [2.75, 3.05) is 6.54 Å². The molecule has 7 nitrogen and oxygen atoms in total. The summed E-state index contributed by atoms with van der Waals surface area (Å²) in [5.74, 6) is -1.50. The van der Waals surface area contributed by atoms with Crippen LogP contribution in [0, 0.1) is 0 Å². The van der Waals surface area contributed by atoms with Gasteiger partial charge >= 0.3 is 5.97 Å². The zero-order chi connectivity index (χ0) is 22.9. The second-order valence-corrected chi connectivity index (χ2v) is 7.39. The highest BCUT2D eigenvalue weighted by Gasteiger charge is 2.12. The van der Waals surface area contributed by atoms with Crippen molar-refractivity contribution in [1.82, 2.24) is 5.32 Å². The minimum atomic E-state index is -1.07. The van der Waals surface area contributed by atoms with E-state index in [4.69, 9.17) is 16.6 Å². The summed E-state index contributed by atoms with van der Waals surface area (Å²) in [6.07, 6.45) is 0.909. The van der Waals surface area contributed by atoms with Gasteiger partial charge in [0.25, 0.3) is 5.91 Å². The molecule has 1 amide bonds. The quantitative estimate of drug-likeness (QED) is 0.321. The number of benzene rings is 3. The lowest BCUT2D eigenvalue weighted by atomic mass is 10.0. The minimum Gasteiger partial charge on any atom is -0.480 e. The van der Waals surface area contributed by atoms with Crippen LogP contribution in [0.5, 0.6) is 0 Å². The number of carbonyl (C=O) groups excluding carboxylic acids is 1. The lowest BCUT2D eigenvalue weighted by molar-refractivity contribution is -0.138. The molecule has 0 aromatic heterocycles. The van der Waals surface area contributed by atoms with Gasteiger partial charge in [0, 0.05) is 12.1 Å². The van der Waals surface area contributed by atoms with Gasteiger partial charge in [-0.3, -0.25) is 9.59 Å². The number of amides is 1. The highest BCUT2D eigenvalue weighted by molar-refractivity contribution is 6.02. The third-order valence-electron chi connectivity index (χ3n) is 4.95. The molecule has 3 aromatic rings. The number of carboxylic acid groups (broad SMARTS) is 1. The van der Waals surface area contributed by atoms with E-state index in [-0.39, 0.29) is 12.4 Å². The number of rotatable bonds is 8. The van der Waals surface area contributed by atoms with E-state index in [0.717, 1.165) is 28.7 Å². The molecule has 0 aliphatic carbocycles. The number of carbonyl (C=O) groups is 2. The van der Waals surface area contributed by atoms with Crippen LogP contribution >= 0.6 is 0 Å². The molecule has 7 heteroatoms. The Kier molecular flexibility index (Phi) is 7.72. The summed E-state index contributed by atoms with van der Waals surface area (Å²) in [5, 5.41) is 11.8. The van der Waals surface area contributed by atoms with Gasteiger partial charge in [-0.1, -0.05) is 66.7 Å². The maximum atomic E-state index is 12.3. The van der Waals surface area contributed by atoms with E-state index < -0.39 is 17.9 Å². The third kappa shape index (κ3) is 6.52. The summed E-state index contributed by atoms with van der Waals surface area (Å²) >= 11 is 0. The molecule has 1 atom stereocenters. The summed E-state index contributed by atoms with van der Waals surface area (Å²) < 4.78 is 0. The zero-order valence-corrected chi connectivity index (χ0v) is 17.6. The van der Waals surface area contributed by atoms with E-state index in [0.29, 0.717) is 12.1 Å². The monoisotopic (exact) mass is 430 g/mol. The number of nitrogens with two attached hydrogens (primary N) is 2. The van der Waals surface area contributed by atoms with Crippen LogP contribution in [-0.2, 0) is 17.6 Å². The lowest BCUT2D eigenvalue weighted by Gasteiger charge is -2.08. The number of aliphatic carboxylic acids is 1. The van der Waals surface area contributed by atoms with Crippen LogP contribution in [0.25, 0.3) is 11.1 Å². The van der Waals surface area contributed by atoms with E-state index in [2.05, 4.69) is 34.6 Å². The van der Waals surface area contributed by atoms with Crippen LogP contribution < -0.4 is 16.8 Å². The van der Waals surface area contributed by atoms with Crippen LogP contribution in [0.3, 0.4) is 0 Å². The Hall–Kier alpha value is -3.97. The first-order chi connectivity index (χ1) is 15.4. The van der Waals surface area contributed by atoms with Crippen molar-refractivity contribution in [3.05, 3.63) is 95.6 Å². The molecule has 0 fully saturated rings. The molecular weight excluding hydrogens is 404 g/mol. The van der Waals surface area contributed by atoms with E-state index in [1.165, 1.54) is 0 Å². The van der Waals surface area contributed by atoms with Crippen LogP contribution in [-0.4, -0.2) is 35.5 Å². The molecule has 164 valence electrons. The van der Waals surface area contributed by atoms with Crippen molar-refractivity contribution in [1.29, 1.82) is 0 Å². The van der Waals surface area contributed by atoms with Gasteiger partial charge in [-0.2, -0.15) is 4.99 Å². The number of nitrogens with one attached hydrogen (secondary N) is 1. The van der Waals surface area contributed by atoms with Crippen molar-refractivity contribution < 1.29 is 14.7 Å². The van der Waals surface area contributed by atoms with E-state index in [1.54, 1.807) is 24.3 Å². The van der Waals surface area contributed by atoms with E-state index in [9.17, 15) is 9.59 Å². The maximum Gasteiger partial charge on any atom is 0.320 e. The number of hydrogen-bond acceptors (Lipinski definition) is 3. The predicted molar refractivity (Wildman–Crippen MR) is 125 cm³/mol. The van der Waals surface area contributed by atoms with E-state index in [1.807, 2.05) is 30.3 Å². The first-order valence-corrected chi connectivity index (χ1v) is 10.3. The van der Waals surface area contributed by atoms with Gasteiger partial charge in [-0.25, -0.2) is 0 Å². The topological polar surface area (TPSA) is 131 Å². The molecule has 0 bridgehead atoms. The van der Waals surface area contributed by atoms with Crippen molar-refractivity contribution in [2.24, 2.45) is 16.5 Å². The van der Waals surface area contributed by atoms with Crippen molar-refractivity contribution in [2.45, 2.75) is 18.9 Å². The molecule has 0 heterocycles. The maximum absolute atomic E-state index is 12.3. The minimum absolute atomic E-state index is 0.0474. The molecule has 0 radical (unpaired) electrons. The lowest BCUT2D eigenvalue weighted by Crippen LogP contribution is -2.34. The predicted octanol–water partition coefficient (Wildman–Crippen LogP) is 2.60. The second kappa shape index (κ2) is 10.9. The van der Waals surface area contributed by atoms with E-state index >= 15 is 0 Å². The van der Waals surface area contributed by atoms with Crippen LogP contribution in [0.15, 0.2) is 83.9 Å². The van der Waals surface area contributed by atoms with Crippen LogP contribution in [0.2, 0.25) is 0 Å². The SMILES string of the molecule is NC(=NC(=O)c1ccc(C[C@H](N)C(=O)O)cc1)NCCc1cccc(-c2ccccc2)c1. The normalized spacial score (nSPS) is 12.2. The molecule has 32 heavy (non-hydrogen) atoms. The summed E-state index contributed by atoms with van der Waals surface area (Å²) in [6.45, 7) is 0.535. The molecule has 0 saturated heterocycles. The Morgan fingerprint density at radius 2 is 1.59 bits per heavy atom. The van der Waals surface area contributed by atoms with Gasteiger partial charge < -0.3 is 21.9 Å². The smallest absolute Gasteiger partial charge is 0.320 e. The Balaban J connectivity index is 1.52. The third-order valence-corrected chi connectivity index (χ3v) is 4.95. The van der Waals surface area contributed by atoms with Crippen LogP contribution in [0.1, 0.15) is 21.5 Å². The van der Waals surface area contributed by atoms with Crippen molar-refractivity contribution in [3.8, 4) is 11.1 Å². The summed E-state index contributed by atoms with van der Waals surface area (Å²) in [5.41, 5.74) is 15.9. The Morgan fingerprint density at radius 1 is 0.906 bits per heavy atom. The molecule has 0 aliphatic heterocycles. The average molecular weight is 431 g/mol. The van der Waals surface area contributed by atoms with Crippen molar-refractivity contribution >= 4 is 17.8 Å². The standard InChI is InChI=1S/C25H26N4O3/c26-22(24(31)32)16-18-9-11-20(12-10-18)23(30)29-25(27)28-14-13-17-5-4-8-21(15-17)19-6-2-1-3-7-19/h1-12,15,22H,13-14,16,26H2,(H,31,32)(H3,27,28,29,30)/t22-/m0/s1. The highest BCUT2D eigenvalue weighted by atomic mass is 16.4. The van der Waals surface area contributed by atoms with Crippen molar-refractivity contribution in [3.63, 3.8) is 0 Å². The number of nitrogens with zero attached hydrogens (tertiary/aromatic N) is 1. The molecular formula is C25H26N4O3. The van der Waals surface area contributed by atoms with Gasteiger partial charge in [0.15, 0.2) is 5.96 Å². The second-order valence-electron chi connectivity index (χ2n) is 7.39. The van der Waals surface area contributed by atoms with Gasteiger partial charge in [0.2, 0.25) is 0 Å². The first kappa shape index (κ1) is 22.7. The fraction of sp³-hybridized carbons (Fsp3) is 0.160. The molecule has 3 rings (SSSR count). The fourth-order valence-electron chi connectivity index (χ4n) is 3.21. The van der Waals surface area contributed by atoms with Gasteiger partial charge in [-0.15, -0.1) is 0 Å². The number of carboxylic acids is 1. The van der Waals surface area contributed by atoms with Crippen LogP contribution in [0.4, 0.5) is 0 Å². The number of aliphatic imine (C=N–C) groups is 1. The molecule has 0 aliphatic rings. The highest BCUT2D eigenvalue weighted by Crippen LogP contribution is 2.20. The summed E-state index contributed by atoms with van der Waals surface area (Å²) in [7, 11) is 0. The Bertz CT molecular complexity index is 1100.